The highest BCUT2D eigenvalue weighted by molar-refractivity contribution is 7.89. The van der Waals surface area contributed by atoms with Gasteiger partial charge in [-0.05, 0) is 48.0 Å². The van der Waals surface area contributed by atoms with Crippen LogP contribution in [0.4, 0.5) is 18.9 Å². The van der Waals surface area contributed by atoms with Gasteiger partial charge in [-0.25, -0.2) is 13.1 Å². The fourth-order valence-electron chi connectivity index (χ4n) is 2.55. The van der Waals surface area contributed by atoms with E-state index in [1.165, 1.54) is 48.7 Å². The van der Waals surface area contributed by atoms with E-state index in [1.54, 1.807) is 12.1 Å². The predicted octanol–water partition coefficient (Wildman–Crippen LogP) is 4.31. The minimum absolute atomic E-state index is 0.00632. The van der Waals surface area contributed by atoms with E-state index in [-0.39, 0.29) is 17.1 Å². The molecule has 0 aliphatic heterocycles. The van der Waals surface area contributed by atoms with Crippen LogP contribution in [0.5, 0.6) is 5.75 Å². The van der Waals surface area contributed by atoms with Crippen molar-refractivity contribution in [2.24, 2.45) is 0 Å². The SMILES string of the molecule is O=C(/C=C/c1ccc(S(=O)(=O)NCc2ccco2)cc1)Nc1cccc(OC(F)(F)F)c1. The van der Waals surface area contributed by atoms with Crippen molar-refractivity contribution < 1.29 is 35.5 Å². The van der Waals surface area contributed by atoms with Gasteiger partial charge in [0, 0.05) is 17.8 Å². The lowest BCUT2D eigenvalue weighted by Crippen LogP contribution is -2.22. The van der Waals surface area contributed by atoms with Crippen molar-refractivity contribution in [1.29, 1.82) is 0 Å². The molecule has 3 aromatic rings. The molecule has 2 N–H and O–H groups in total. The molecular weight excluding hydrogens is 449 g/mol. The normalized spacial score (nSPS) is 12.1. The Morgan fingerprint density at radius 2 is 1.81 bits per heavy atom. The molecular formula is C21H17F3N2O5S. The third kappa shape index (κ3) is 7.00. The van der Waals surface area contributed by atoms with Crippen LogP contribution in [0.3, 0.4) is 0 Å². The quantitative estimate of drug-likeness (QED) is 0.482. The zero-order chi connectivity index (χ0) is 23.2. The second-order valence-corrected chi connectivity index (χ2v) is 8.14. The van der Waals surface area contributed by atoms with Crippen LogP contribution in [0.1, 0.15) is 11.3 Å². The molecule has 0 atom stereocenters. The van der Waals surface area contributed by atoms with Crippen molar-refractivity contribution in [2.75, 3.05) is 5.32 Å². The summed E-state index contributed by atoms with van der Waals surface area (Å²) in [6, 6.07) is 13.9. The summed E-state index contributed by atoms with van der Waals surface area (Å²) in [5.74, 6) is -0.586. The summed E-state index contributed by atoms with van der Waals surface area (Å²) in [6.07, 6.45) is -0.807. The molecule has 0 radical (unpaired) electrons. The number of alkyl halides is 3. The van der Waals surface area contributed by atoms with E-state index in [0.29, 0.717) is 11.3 Å². The second kappa shape index (κ2) is 9.71. The van der Waals surface area contributed by atoms with Crippen LogP contribution in [-0.4, -0.2) is 20.7 Å². The van der Waals surface area contributed by atoms with E-state index in [1.807, 2.05) is 0 Å². The average Bonchev–Trinajstić information content (AvgIpc) is 3.24. The van der Waals surface area contributed by atoms with Crippen LogP contribution in [0.2, 0.25) is 0 Å². The van der Waals surface area contributed by atoms with Gasteiger partial charge in [-0.15, -0.1) is 13.2 Å². The lowest BCUT2D eigenvalue weighted by atomic mass is 10.2. The standard InChI is InChI=1S/C21H17F3N2O5S/c22-21(23,24)31-17-4-1-3-16(13-17)26-20(27)11-8-15-6-9-19(10-7-15)32(28,29)25-14-18-5-2-12-30-18/h1-13,25H,14H2,(H,26,27)/b11-8+. The van der Waals surface area contributed by atoms with Crippen molar-refractivity contribution in [3.8, 4) is 5.75 Å². The van der Waals surface area contributed by atoms with Crippen molar-refractivity contribution in [3.63, 3.8) is 0 Å². The maximum atomic E-state index is 12.3. The summed E-state index contributed by atoms with van der Waals surface area (Å²) < 4.78 is 72.8. The predicted molar refractivity (Wildman–Crippen MR) is 110 cm³/mol. The van der Waals surface area contributed by atoms with Gasteiger partial charge >= 0.3 is 6.36 Å². The molecule has 0 bridgehead atoms. The number of benzene rings is 2. The molecule has 1 aromatic heterocycles. The van der Waals surface area contributed by atoms with Crippen LogP contribution in [0.15, 0.2) is 82.3 Å². The van der Waals surface area contributed by atoms with Gasteiger partial charge in [-0.1, -0.05) is 18.2 Å². The number of furan rings is 1. The molecule has 2 aromatic carbocycles. The van der Waals surface area contributed by atoms with E-state index in [9.17, 15) is 26.4 Å². The highest BCUT2D eigenvalue weighted by Crippen LogP contribution is 2.25. The minimum Gasteiger partial charge on any atom is -0.468 e. The van der Waals surface area contributed by atoms with Crippen molar-refractivity contribution in [3.05, 3.63) is 84.3 Å². The van der Waals surface area contributed by atoms with Gasteiger partial charge in [-0.3, -0.25) is 4.79 Å². The molecule has 11 heteroatoms. The van der Waals surface area contributed by atoms with Crippen LogP contribution in [0, 0.1) is 0 Å². The molecule has 0 aliphatic rings. The van der Waals surface area contributed by atoms with E-state index < -0.39 is 28.0 Å². The van der Waals surface area contributed by atoms with Crippen molar-refractivity contribution in [2.45, 2.75) is 17.8 Å². The summed E-state index contributed by atoms with van der Waals surface area (Å²) in [6.45, 7) is 0.00632. The molecule has 168 valence electrons. The first kappa shape index (κ1) is 23.1. The number of ether oxygens (including phenoxy) is 1. The van der Waals surface area contributed by atoms with Crippen LogP contribution < -0.4 is 14.8 Å². The summed E-state index contributed by atoms with van der Waals surface area (Å²) in [5.41, 5.74) is 0.657. The smallest absolute Gasteiger partial charge is 0.468 e. The average molecular weight is 466 g/mol. The van der Waals surface area contributed by atoms with Crippen LogP contribution in [0.25, 0.3) is 6.08 Å². The number of sulfonamides is 1. The lowest BCUT2D eigenvalue weighted by Gasteiger charge is -2.10. The molecule has 3 rings (SSSR count). The summed E-state index contributed by atoms with van der Waals surface area (Å²) in [7, 11) is -3.75. The number of halogens is 3. The second-order valence-electron chi connectivity index (χ2n) is 6.37. The molecule has 0 aliphatic carbocycles. The van der Waals surface area contributed by atoms with Gasteiger partial charge in [0.05, 0.1) is 17.7 Å². The summed E-state index contributed by atoms with van der Waals surface area (Å²) in [4.78, 5) is 12.1. The number of amides is 1. The molecule has 7 nitrogen and oxygen atoms in total. The van der Waals surface area contributed by atoms with E-state index in [0.717, 1.165) is 18.2 Å². The highest BCUT2D eigenvalue weighted by Gasteiger charge is 2.31. The Labute approximate surface area is 181 Å². The Morgan fingerprint density at radius 3 is 2.47 bits per heavy atom. The van der Waals surface area contributed by atoms with Gasteiger partial charge in [0.2, 0.25) is 15.9 Å². The molecule has 32 heavy (non-hydrogen) atoms. The first-order chi connectivity index (χ1) is 15.1. The maximum Gasteiger partial charge on any atom is 0.573 e. The van der Waals surface area contributed by atoms with E-state index in [4.69, 9.17) is 4.42 Å². The number of carbonyl (C=O) groups excluding carboxylic acids is 1. The first-order valence-corrected chi connectivity index (χ1v) is 10.6. The van der Waals surface area contributed by atoms with E-state index >= 15 is 0 Å². The third-order valence-corrected chi connectivity index (χ3v) is 5.39. The molecule has 0 saturated carbocycles. The van der Waals surface area contributed by atoms with Crippen molar-refractivity contribution >= 4 is 27.7 Å². The Morgan fingerprint density at radius 1 is 1.06 bits per heavy atom. The fourth-order valence-corrected chi connectivity index (χ4v) is 3.54. The molecule has 0 unspecified atom stereocenters. The number of carbonyl (C=O) groups is 1. The topological polar surface area (TPSA) is 97.6 Å². The zero-order valence-electron chi connectivity index (χ0n) is 16.3. The maximum absolute atomic E-state index is 12.3. The number of nitrogens with one attached hydrogen (secondary N) is 2. The monoisotopic (exact) mass is 466 g/mol. The summed E-state index contributed by atoms with van der Waals surface area (Å²) in [5, 5.41) is 2.42. The number of hydrogen-bond donors (Lipinski definition) is 2. The number of hydrogen-bond acceptors (Lipinski definition) is 5. The fraction of sp³-hybridized carbons (Fsp3) is 0.0952. The van der Waals surface area contributed by atoms with Gasteiger partial charge in [0.25, 0.3) is 0 Å². The van der Waals surface area contributed by atoms with Gasteiger partial charge in [0.1, 0.15) is 11.5 Å². The minimum atomic E-state index is -4.84. The van der Waals surface area contributed by atoms with Gasteiger partial charge in [-0.2, -0.15) is 0 Å². The third-order valence-electron chi connectivity index (χ3n) is 3.97. The number of rotatable bonds is 8. The molecule has 0 spiro atoms. The summed E-state index contributed by atoms with van der Waals surface area (Å²) >= 11 is 0. The van der Waals surface area contributed by atoms with Crippen LogP contribution >= 0.6 is 0 Å². The largest absolute Gasteiger partial charge is 0.573 e. The molecule has 1 amide bonds. The van der Waals surface area contributed by atoms with Crippen molar-refractivity contribution in [1.82, 2.24) is 4.72 Å². The number of anilines is 1. The Balaban J connectivity index is 1.58. The van der Waals surface area contributed by atoms with Crippen LogP contribution in [-0.2, 0) is 21.4 Å². The zero-order valence-corrected chi connectivity index (χ0v) is 17.1. The Hall–Kier alpha value is -3.57. The van der Waals surface area contributed by atoms with E-state index in [2.05, 4.69) is 14.8 Å². The lowest BCUT2D eigenvalue weighted by molar-refractivity contribution is -0.274. The Bertz CT molecular complexity index is 1190. The van der Waals surface area contributed by atoms with Gasteiger partial charge in [0.15, 0.2) is 0 Å². The first-order valence-electron chi connectivity index (χ1n) is 9.08. The van der Waals surface area contributed by atoms with Gasteiger partial charge < -0.3 is 14.5 Å². The molecule has 0 fully saturated rings. The molecule has 0 saturated heterocycles. The Kier molecular flexibility index (Phi) is 7.01. The highest BCUT2D eigenvalue weighted by atomic mass is 32.2. The molecule has 1 heterocycles.